The highest BCUT2D eigenvalue weighted by Crippen LogP contribution is 2.32. The third-order valence-corrected chi connectivity index (χ3v) is 5.62. The van der Waals surface area contributed by atoms with E-state index in [9.17, 15) is 29.8 Å². The molecule has 0 bridgehead atoms. The van der Waals surface area contributed by atoms with E-state index in [4.69, 9.17) is 0 Å². The minimum atomic E-state index is -0.890. The number of hydrogen-bond donors (Lipinski definition) is 0. The van der Waals surface area contributed by atoms with Crippen LogP contribution < -0.4 is 5.56 Å². The molecule has 0 N–H and O–H groups in total. The largest absolute Gasteiger partial charge is 0.348 e. The average molecular weight is 469 g/mol. The fourth-order valence-corrected chi connectivity index (χ4v) is 3.97. The molecule has 0 radical (unpaired) electrons. The maximum atomic E-state index is 13.5. The van der Waals surface area contributed by atoms with E-state index >= 15 is 0 Å². The Hall–Kier alpha value is -5.19. The minimum absolute atomic E-state index is 0.00101. The van der Waals surface area contributed by atoms with Crippen molar-refractivity contribution >= 4 is 33.8 Å². The Labute approximate surface area is 195 Å². The number of nitro benzene ring substituents is 2. The zero-order valence-corrected chi connectivity index (χ0v) is 17.9. The van der Waals surface area contributed by atoms with E-state index in [-0.39, 0.29) is 16.7 Å². The Balaban J connectivity index is 1.84. The van der Waals surface area contributed by atoms with Crippen molar-refractivity contribution in [3.8, 4) is 11.3 Å². The molecule has 0 unspecified atom stereocenters. The van der Waals surface area contributed by atoms with Gasteiger partial charge in [0.15, 0.2) is 5.78 Å². The zero-order chi connectivity index (χ0) is 24.7. The molecular formula is C24H15N5O6. The van der Waals surface area contributed by atoms with Gasteiger partial charge in [0.1, 0.15) is 0 Å². The molecule has 0 aliphatic rings. The maximum absolute atomic E-state index is 13.5. The number of Topliss-reactive ketones (excluding diaryl/α,β-unsaturated/α-hetero) is 1. The number of nitrogens with zero attached hydrogens (tertiary/aromatic N) is 5. The summed E-state index contributed by atoms with van der Waals surface area (Å²) in [5, 5.41) is 23.2. The number of carbonyl (C=O) groups is 1. The van der Waals surface area contributed by atoms with Gasteiger partial charge in [0.2, 0.25) is 5.65 Å². The monoisotopic (exact) mass is 469 g/mol. The van der Waals surface area contributed by atoms with Crippen molar-refractivity contribution in [1.82, 2.24) is 14.0 Å². The number of aromatic nitrogens is 3. The highest BCUT2D eigenvalue weighted by atomic mass is 16.6. The van der Waals surface area contributed by atoms with E-state index in [1.54, 1.807) is 54.6 Å². The van der Waals surface area contributed by atoms with E-state index in [2.05, 4.69) is 4.98 Å². The van der Waals surface area contributed by atoms with Gasteiger partial charge < -0.3 is 0 Å². The topological polar surface area (TPSA) is 143 Å². The molecule has 3 aromatic carbocycles. The lowest BCUT2D eigenvalue weighted by Crippen LogP contribution is -2.27. The van der Waals surface area contributed by atoms with Gasteiger partial charge in [0, 0.05) is 29.5 Å². The summed E-state index contributed by atoms with van der Waals surface area (Å²) >= 11 is 0. The van der Waals surface area contributed by atoms with Crippen molar-refractivity contribution < 1.29 is 14.6 Å². The van der Waals surface area contributed by atoms with Gasteiger partial charge in [-0.25, -0.2) is 4.98 Å². The molecule has 5 aromatic rings. The predicted octanol–water partition coefficient (Wildman–Crippen LogP) is 4.02. The van der Waals surface area contributed by atoms with Crippen molar-refractivity contribution in [2.24, 2.45) is 0 Å². The fraction of sp³-hybridized carbons (Fsp3) is 0.0417. The summed E-state index contributed by atoms with van der Waals surface area (Å²) < 4.78 is 2.43. The van der Waals surface area contributed by atoms with Crippen LogP contribution in [0.1, 0.15) is 10.4 Å². The predicted molar refractivity (Wildman–Crippen MR) is 126 cm³/mol. The average Bonchev–Trinajstić information content (AvgIpc) is 3.32. The number of imidazole rings is 1. The number of fused-ring (bicyclic) bond motifs is 3. The van der Waals surface area contributed by atoms with E-state index in [1.807, 2.05) is 6.07 Å². The first-order valence-corrected chi connectivity index (χ1v) is 10.4. The van der Waals surface area contributed by atoms with Crippen molar-refractivity contribution in [3.63, 3.8) is 0 Å². The highest BCUT2D eigenvalue weighted by Gasteiger charge is 2.28. The molecule has 0 fully saturated rings. The van der Waals surface area contributed by atoms with Crippen LogP contribution in [0.15, 0.2) is 83.8 Å². The highest BCUT2D eigenvalue weighted by molar-refractivity contribution is 5.97. The molecule has 0 spiro atoms. The molecule has 0 saturated carbocycles. The lowest BCUT2D eigenvalue weighted by atomic mass is 10.1. The molecule has 0 aliphatic heterocycles. The Morgan fingerprint density at radius 3 is 2.03 bits per heavy atom. The summed E-state index contributed by atoms with van der Waals surface area (Å²) in [4.78, 5) is 52.3. The van der Waals surface area contributed by atoms with Gasteiger partial charge in [-0.1, -0.05) is 60.7 Å². The van der Waals surface area contributed by atoms with E-state index in [0.29, 0.717) is 16.8 Å². The van der Waals surface area contributed by atoms with Crippen LogP contribution in [-0.4, -0.2) is 29.6 Å². The normalized spacial score (nSPS) is 11.1. The number of rotatable bonds is 6. The summed E-state index contributed by atoms with van der Waals surface area (Å²) in [5.41, 5.74) is -0.647. The maximum Gasteiger partial charge on any atom is 0.348 e. The molecule has 172 valence electrons. The first-order valence-electron chi connectivity index (χ1n) is 10.4. The number of ketones is 1. The summed E-state index contributed by atoms with van der Waals surface area (Å²) in [7, 11) is 0. The van der Waals surface area contributed by atoms with Crippen LogP contribution in [0.25, 0.3) is 27.9 Å². The van der Waals surface area contributed by atoms with Crippen LogP contribution in [-0.2, 0) is 6.54 Å². The second-order valence-corrected chi connectivity index (χ2v) is 7.71. The number of carbonyl (C=O) groups excluding carboxylic acids is 1. The third-order valence-electron chi connectivity index (χ3n) is 5.62. The Morgan fingerprint density at radius 1 is 0.857 bits per heavy atom. The van der Waals surface area contributed by atoms with Gasteiger partial charge >= 0.3 is 11.4 Å². The molecule has 0 saturated heterocycles. The lowest BCUT2D eigenvalue weighted by molar-refractivity contribution is -0.422. The van der Waals surface area contributed by atoms with E-state index in [0.717, 1.165) is 16.7 Å². The van der Waals surface area contributed by atoms with Crippen molar-refractivity contribution in [1.29, 1.82) is 0 Å². The minimum Gasteiger partial charge on any atom is -0.296 e. The lowest BCUT2D eigenvalue weighted by Gasteiger charge is -2.11. The molecule has 0 amide bonds. The first kappa shape index (κ1) is 21.6. The SMILES string of the molecule is O=C(Cn1c(=O)c2nc(-c3ccccc3)cn2c2cc([N+](=O)[O-])c([N+](=O)[O-])cc21)c1ccccc1. The number of benzene rings is 3. The van der Waals surface area contributed by atoms with E-state index < -0.39 is 39.1 Å². The van der Waals surface area contributed by atoms with Crippen LogP contribution in [0.2, 0.25) is 0 Å². The Kier molecular flexibility index (Phi) is 5.13. The summed E-state index contributed by atoms with van der Waals surface area (Å²) in [5.74, 6) is -0.408. The first-order chi connectivity index (χ1) is 16.8. The smallest absolute Gasteiger partial charge is 0.296 e. The molecule has 2 heterocycles. The van der Waals surface area contributed by atoms with Gasteiger partial charge in [-0.2, -0.15) is 0 Å². The van der Waals surface area contributed by atoms with E-state index in [1.165, 1.54) is 10.6 Å². The summed E-state index contributed by atoms with van der Waals surface area (Å²) in [6.07, 6.45) is 1.54. The van der Waals surface area contributed by atoms with Gasteiger partial charge in [-0.05, 0) is 0 Å². The van der Waals surface area contributed by atoms with Crippen LogP contribution in [0, 0.1) is 20.2 Å². The summed E-state index contributed by atoms with van der Waals surface area (Å²) in [6, 6.07) is 19.2. The summed E-state index contributed by atoms with van der Waals surface area (Å²) in [6.45, 7) is -0.432. The van der Waals surface area contributed by atoms with Crippen molar-refractivity contribution in [2.45, 2.75) is 6.54 Å². The number of nitro groups is 2. The zero-order valence-electron chi connectivity index (χ0n) is 17.9. The van der Waals surface area contributed by atoms with Crippen LogP contribution in [0.3, 0.4) is 0 Å². The molecule has 0 aliphatic carbocycles. The van der Waals surface area contributed by atoms with Crippen molar-refractivity contribution in [3.05, 3.63) is 115 Å². The molecule has 35 heavy (non-hydrogen) atoms. The van der Waals surface area contributed by atoms with Crippen molar-refractivity contribution in [2.75, 3.05) is 0 Å². The second-order valence-electron chi connectivity index (χ2n) is 7.71. The van der Waals surface area contributed by atoms with Gasteiger partial charge in [-0.3, -0.25) is 38.8 Å². The third kappa shape index (κ3) is 3.70. The molecule has 11 heteroatoms. The second kappa shape index (κ2) is 8.30. The molecule has 2 aromatic heterocycles. The van der Waals surface area contributed by atoms with Crippen LogP contribution in [0.4, 0.5) is 11.4 Å². The molecular weight excluding hydrogens is 454 g/mol. The van der Waals surface area contributed by atoms with Crippen LogP contribution >= 0.6 is 0 Å². The molecule has 5 rings (SSSR count). The molecule has 11 nitrogen and oxygen atoms in total. The van der Waals surface area contributed by atoms with Gasteiger partial charge in [0.05, 0.1) is 33.1 Å². The fourth-order valence-electron chi connectivity index (χ4n) is 3.97. The van der Waals surface area contributed by atoms with Gasteiger partial charge in [-0.15, -0.1) is 0 Å². The quantitative estimate of drug-likeness (QED) is 0.208. The number of hydrogen-bond acceptors (Lipinski definition) is 7. The standard InChI is InChI=1S/C24H15N5O6/c30-22(16-9-5-2-6-10-16)14-27-19-12-21(29(34)35)20(28(32)33)11-18(19)26-13-17(25-23(26)24(27)31)15-7-3-1-4-8-15/h1-13H,14H2. The van der Waals surface area contributed by atoms with Gasteiger partial charge in [0.25, 0.3) is 5.56 Å². The molecule has 0 atom stereocenters. The Morgan fingerprint density at radius 2 is 1.43 bits per heavy atom. The van der Waals surface area contributed by atoms with Crippen LogP contribution in [0.5, 0.6) is 0 Å². The Bertz CT molecular complexity index is 1710.